The molecule has 11 rings (SSSR count). The van der Waals surface area contributed by atoms with Crippen LogP contribution in [0.4, 0.5) is 0 Å². The summed E-state index contributed by atoms with van der Waals surface area (Å²) < 4.78 is 7.47. The van der Waals surface area contributed by atoms with Gasteiger partial charge in [0.25, 0.3) is 0 Å². The lowest BCUT2D eigenvalue weighted by Gasteiger charge is -2.29. The van der Waals surface area contributed by atoms with Crippen LogP contribution in [0, 0.1) is 13.8 Å². The molecule has 0 fully saturated rings. The Morgan fingerprint density at radius 1 is 0.608 bits per heavy atom. The second kappa shape index (κ2) is 10.5. The fourth-order valence-corrected chi connectivity index (χ4v) is 9.56. The molecule has 0 spiro atoms. The van der Waals surface area contributed by atoms with Crippen molar-refractivity contribution in [1.29, 1.82) is 0 Å². The van der Waals surface area contributed by atoms with Gasteiger partial charge >= 0.3 is 0 Å². The summed E-state index contributed by atoms with van der Waals surface area (Å²) in [6.45, 7) is 9.34. The highest BCUT2D eigenvalue weighted by Gasteiger charge is 2.47. The van der Waals surface area contributed by atoms with E-state index in [9.17, 15) is 0 Å². The molecule has 3 nitrogen and oxygen atoms in total. The Labute approximate surface area is 297 Å². The molecule has 9 aromatic rings. The molecule has 0 saturated heterocycles. The molecule has 2 aliphatic rings. The van der Waals surface area contributed by atoms with Gasteiger partial charge in [-0.3, -0.25) is 0 Å². The maximum Gasteiger partial charge on any atom is 0.249 e. The molecule has 0 saturated carbocycles. The van der Waals surface area contributed by atoms with Crippen molar-refractivity contribution in [3.8, 4) is 33.6 Å². The minimum Gasteiger partial charge on any atom is -0.308 e. The number of para-hydroxylation sites is 1. The molecule has 0 amide bonds. The molecule has 2 atom stereocenters. The number of aryl methyl sites for hydroxylation is 3. The first kappa shape index (κ1) is 28.7. The average Bonchev–Trinajstić information content (AvgIpc) is 3.68. The molecule has 3 heteroatoms. The Kier molecular flexibility index (Phi) is 5.90. The zero-order chi connectivity index (χ0) is 34.0. The number of pyridine rings is 2. The monoisotopic (exact) mass is 655 g/mol. The quantitative estimate of drug-likeness (QED) is 0.156. The summed E-state index contributed by atoms with van der Waals surface area (Å²) >= 11 is 0. The number of allylic oxidation sites excluding steroid dienone is 1. The van der Waals surface area contributed by atoms with E-state index in [0.29, 0.717) is 0 Å². The van der Waals surface area contributed by atoms with Gasteiger partial charge in [0.05, 0.1) is 28.0 Å². The molecule has 6 heterocycles. The zero-order valence-corrected chi connectivity index (χ0v) is 28.9. The van der Waals surface area contributed by atoms with Crippen molar-refractivity contribution >= 4 is 43.8 Å². The summed E-state index contributed by atoms with van der Waals surface area (Å²) in [7, 11) is 0. The normalized spacial score (nSPS) is 16.7. The van der Waals surface area contributed by atoms with Crippen molar-refractivity contribution in [2.75, 3.05) is 0 Å². The summed E-state index contributed by atoms with van der Waals surface area (Å²) in [5, 5.41) is 5.22. The topological polar surface area (TPSA) is 12.2 Å². The molecule has 5 aromatic carbocycles. The van der Waals surface area contributed by atoms with Crippen LogP contribution >= 0.6 is 0 Å². The first-order valence-electron chi connectivity index (χ1n) is 18.2. The van der Waals surface area contributed by atoms with E-state index in [1.807, 2.05) is 0 Å². The predicted molar refractivity (Wildman–Crippen MR) is 209 cm³/mol. The molecule has 0 aliphatic carbocycles. The van der Waals surface area contributed by atoms with E-state index in [1.165, 1.54) is 94.0 Å². The van der Waals surface area contributed by atoms with Crippen LogP contribution in [-0.4, -0.2) is 4.40 Å². The Morgan fingerprint density at radius 3 is 2.20 bits per heavy atom. The first-order chi connectivity index (χ1) is 25.0. The predicted octanol–water partition coefficient (Wildman–Crippen LogP) is 10.8. The Bertz CT molecular complexity index is 2910. The smallest absolute Gasteiger partial charge is 0.249 e. The van der Waals surface area contributed by atoms with Crippen LogP contribution in [-0.2, 0) is 6.42 Å². The van der Waals surface area contributed by atoms with Gasteiger partial charge in [-0.05, 0) is 104 Å². The molecule has 4 aromatic heterocycles. The maximum atomic E-state index is 4.94. The van der Waals surface area contributed by atoms with Gasteiger partial charge in [0.2, 0.25) is 23.1 Å². The second-order valence-electron chi connectivity index (χ2n) is 14.8. The van der Waals surface area contributed by atoms with Gasteiger partial charge in [-0.15, -0.1) is 0 Å². The summed E-state index contributed by atoms with van der Waals surface area (Å²) in [4.78, 5) is 0. The third-order valence-corrected chi connectivity index (χ3v) is 11.8. The van der Waals surface area contributed by atoms with Gasteiger partial charge in [0, 0.05) is 50.4 Å². The molecule has 0 N–H and O–H groups in total. The molecule has 0 bridgehead atoms. The van der Waals surface area contributed by atoms with Gasteiger partial charge in [-0.25, -0.2) is 0 Å². The number of nitrogens with zero attached hydrogens (tertiary/aromatic N) is 3. The van der Waals surface area contributed by atoms with E-state index < -0.39 is 0 Å². The number of aromatic nitrogens is 3. The van der Waals surface area contributed by atoms with Crippen molar-refractivity contribution in [2.24, 2.45) is 0 Å². The minimum atomic E-state index is 0.0867. The van der Waals surface area contributed by atoms with E-state index in [4.69, 9.17) is 6.58 Å². The van der Waals surface area contributed by atoms with Crippen molar-refractivity contribution in [1.82, 2.24) is 4.40 Å². The average molecular weight is 656 g/mol. The van der Waals surface area contributed by atoms with Gasteiger partial charge in [-0.2, -0.15) is 9.13 Å². The molecule has 51 heavy (non-hydrogen) atoms. The molecular weight excluding hydrogens is 619 g/mol. The van der Waals surface area contributed by atoms with Crippen LogP contribution < -0.4 is 9.13 Å². The third-order valence-electron chi connectivity index (χ3n) is 11.8. The zero-order valence-electron chi connectivity index (χ0n) is 28.9. The van der Waals surface area contributed by atoms with Crippen molar-refractivity contribution in [3.63, 3.8) is 0 Å². The minimum absolute atomic E-state index is 0.0867. The van der Waals surface area contributed by atoms with Crippen molar-refractivity contribution < 1.29 is 9.13 Å². The number of hydrogen-bond donors (Lipinski definition) is 0. The molecule has 2 aliphatic heterocycles. The lowest BCUT2D eigenvalue weighted by Crippen LogP contribution is -2.53. The van der Waals surface area contributed by atoms with E-state index in [0.717, 1.165) is 18.5 Å². The molecular formula is C48H37N3+2. The molecule has 2 unspecified atom stereocenters. The lowest BCUT2D eigenvalue weighted by molar-refractivity contribution is -0.727. The van der Waals surface area contributed by atoms with Gasteiger partial charge in [0.15, 0.2) is 12.4 Å². The molecule has 0 radical (unpaired) electrons. The summed E-state index contributed by atoms with van der Waals surface area (Å²) in [6, 6.07) is 47.9. The number of benzene rings is 5. The van der Waals surface area contributed by atoms with Crippen molar-refractivity contribution in [3.05, 3.63) is 169 Å². The lowest BCUT2D eigenvalue weighted by atomic mass is 9.78. The number of fused-ring (bicyclic) bond motifs is 15. The van der Waals surface area contributed by atoms with Crippen LogP contribution in [0.2, 0.25) is 0 Å². The van der Waals surface area contributed by atoms with Crippen LogP contribution in [0.5, 0.6) is 0 Å². The Hall–Kier alpha value is -6.06. The third kappa shape index (κ3) is 4.00. The fourth-order valence-electron chi connectivity index (χ4n) is 9.56. The fraction of sp³-hybridized carbons (Fsp3) is 0.125. The van der Waals surface area contributed by atoms with Crippen LogP contribution in [0.1, 0.15) is 40.6 Å². The van der Waals surface area contributed by atoms with Gasteiger partial charge in [-0.1, -0.05) is 66.7 Å². The number of rotatable bonds is 1. The standard InChI is InChI=1S/C48H37N3/c1-29-18-22-44-39-26-40-42-24-34(32-11-5-4-6-12-32)23-41-37-15-9-10-16-45(37)51(48(41)42)46(40)25-33(39)19-20-38-35-13-7-8-14-36(35)43-21-17-30(2)28-50(43)47(38)31(3)49(44)27-29/h4-18,21-28,38,47H,3,19-20H2,1-2H3/q+2. The Balaban J connectivity index is 1.22. The second-order valence-corrected chi connectivity index (χ2v) is 14.8. The number of hydrogen-bond acceptors (Lipinski definition) is 0. The van der Waals surface area contributed by atoms with E-state index >= 15 is 0 Å². The SMILES string of the molecule is C=C1C2C(CCc3cc4c(cc3-c3ccc(C)c[n+]31)c1cc(-c3ccccc3)cc3c5ccccc5n4c31)c1ccccc1-c1ccc(C)c[n+]12. The van der Waals surface area contributed by atoms with E-state index in [-0.39, 0.29) is 12.0 Å². The van der Waals surface area contributed by atoms with Crippen LogP contribution in [0.15, 0.2) is 146 Å². The highest BCUT2D eigenvalue weighted by molar-refractivity contribution is 6.24. The van der Waals surface area contributed by atoms with Gasteiger partial charge < -0.3 is 4.40 Å². The first-order valence-corrected chi connectivity index (χ1v) is 18.2. The van der Waals surface area contributed by atoms with Gasteiger partial charge in [0.1, 0.15) is 0 Å². The van der Waals surface area contributed by atoms with E-state index in [1.54, 1.807) is 0 Å². The summed E-state index contributed by atoms with van der Waals surface area (Å²) in [5.41, 5.74) is 17.9. The van der Waals surface area contributed by atoms with Crippen LogP contribution in [0.25, 0.3) is 77.4 Å². The molecule has 242 valence electrons. The summed E-state index contributed by atoms with van der Waals surface area (Å²) in [5.74, 6) is 0.276. The highest BCUT2D eigenvalue weighted by Crippen LogP contribution is 2.47. The maximum absolute atomic E-state index is 4.94. The summed E-state index contributed by atoms with van der Waals surface area (Å²) in [6.07, 6.45) is 6.63. The Morgan fingerprint density at radius 2 is 1.33 bits per heavy atom. The van der Waals surface area contributed by atoms with E-state index in [2.05, 4.69) is 167 Å². The van der Waals surface area contributed by atoms with Crippen LogP contribution in [0.3, 0.4) is 0 Å². The highest BCUT2D eigenvalue weighted by atomic mass is 15.1. The van der Waals surface area contributed by atoms with Crippen molar-refractivity contribution in [2.45, 2.75) is 38.6 Å². The largest absolute Gasteiger partial charge is 0.308 e.